The minimum Gasteiger partial charge on any atom is -0.368 e. The third kappa shape index (κ3) is 1.30. The van der Waals surface area contributed by atoms with Crippen LogP contribution in [-0.2, 0) is 0 Å². The second-order valence-corrected chi connectivity index (χ2v) is 3.42. The van der Waals surface area contributed by atoms with Gasteiger partial charge in [-0.05, 0) is 12.1 Å². The van der Waals surface area contributed by atoms with Gasteiger partial charge in [-0.2, -0.15) is 0 Å². The Morgan fingerprint density at radius 3 is 3.00 bits per heavy atom. The molecule has 5 heteroatoms. The van der Waals surface area contributed by atoms with Crippen LogP contribution in [0.15, 0.2) is 36.9 Å². The Hall–Kier alpha value is -2.43. The maximum Gasteiger partial charge on any atom is 0.220 e. The molecule has 3 N–H and O–H groups in total. The van der Waals surface area contributed by atoms with Crippen LogP contribution in [0.3, 0.4) is 0 Å². The summed E-state index contributed by atoms with van der Waals surface area (Å²) in [4.78, 5) is 15.3. The lowest BCUT2D eigenvalue weighted by Gasteiger charge is -1.98. The molecule has 0 fully saturated rings. The molecule has 78 valence electrons. The molecule has 0 aromatic carbocycles. The average molecular weight is 211 g/mol. The Bertz CT molecular complexity index is 643. The van der Waals surface area contributed by atoms with Gasteiger partial charge < -0.3 is 10.7 Å². The van der Waals surface area contributed by atoms with Crippen LogP contribution in [-0.4, -0.2) is 19.9 Å². The first kappa shape index (κ1) is 8.84. The molecule has 3 aromatic heterocycles. The summed E-state index contributed by atoms with van der Waals surface area (Å²) >= 11 is 0. The number of nitrogens with two attached hydrogens (primary N) is 1. The van der Waals surface area contributed by atoms with Crippen molar-refractivity contribution in [2.45, 2.75) is 0 Å². The highest BCUT2D eigenvalue weighted by Gasteiger charge is 2.07. The van der Waals surface area contributed by atoms with Gasteiger partial charge in [0.2, 0.25) is 5.95 Å². The van der Waals surface area contributed by atoms with Gasteiger partial charge in [0.1, 0.15) is 0 Å². The van der Waals surface area contributed by atoms with E-state index in [2.05, 4.69) is 19.9 Å². The van der Waals surface area contributed by atoms with Crippen molar-refractivity contribution in [3.05, 3.63) is 36.9 Å². The number of pyridine rings is 1. The number of rotatable bonds is 1. The molecule has 0 aliphatic rings. The minimum absolute atomic E-state index is 0.279. The Morgan fingerprint density at radius 2 is 2.12 bits per heavy atom. The highest BCUT2D eigenvalue weighted by molar-refractivity contribution is 5.93. The molecule has 0 saturated heterocycles. The van der Waals surface area contributed by atoms with Crippen LogP contribution in [0.5, 0.6) is 0 Å². The molecule has 3 heterocycles. The van der Waals surface area contributed by atoms with Crippen LogP contribution < -0.4 is 5.73 Å². The molecule has 0 unspecified atom stereocenters. The molecule has 0 aliphatic carbocycles. The van der Waals surface area contributed by atoms with E-state index in [9.17, 15) is 0 Å². The van der Waals surface area contributed by atoms with Crippen LogP contribution in [0, 0.1) is 0 Å². The number of anilines is 1. The van der Waals surface area contributed by atoms with Crippen molar-refractivity contribution in [1.29, 1.82) is 0 Å². The second kappa shape index (κ2) is 3.30. The van der Waals surface area contributed by atoms with E-state index < -0.39 is 0 Å². The van der Waals surface area contributed by atoms with Crippen LogP contribution in [0.1, 0.15) is 0 Å². The van der Waals surface area contributed by atoms with E-state index in [4.69, 9.17) is 5.73 Å². The molecule has 0 bridgehead atoms. The van der Waals surface area contributed by atoms with Gasteiger partial charge >= 0.3 is 0 Å². The van der Waals surface area contributed by atoms with Gasteiger partial charge in [-0.25, -0.2) is 9.97 Å². The smallest absolute Gasteiger partial charge is 0.220 e. The van der Waals surface area contributed by atoms with Crippen molar-refractivity contribution in [3.8, 4) is 11.3 Å². The molecule has 0 saturated carbocycles. The molecule has 0 atom stereocenters. The summed E-state index contributed by atoms with van der Waals surface area (Å²) in [5.41, 5.74) is 8.36. The normalized spacial score (nSPS) is 10.8. The van der Waals surface area contributed by atoms with Gasteiger partial charge in [0.05, 0.1) is 17.4 Å². The Balaban J connectivity index is 2.26. The van der Waals surface area contributed by atoms with E-state index in [1.54, 1.807) is 18.6 Å². The number of hydrogen-bond acceptors (Lipinski definition) is 4. The predicted octanol–water partition coefficient (Wildman–Crippen LogP) is 1.60. The largest absolute Gasteiger partial charge is 0.368 e. The fraction of sp³-hybridized carbons (Fsp3) is 0. The maximum atomic E-state index is 5.56. The quantitative estimate of drug-likeness (QED) is 0.640. The highest BCUT2D eigenvalue weighted by atomic mass is 15.0. The molecule has 16 heavy (non-hydrogen) atoms. The lowest BCUT2D eigenvalue weighted by Crippen LogP contribution is -1.94. The summed E-state index contributed by atoms with van der Waals surface area (Å²) in [6, 6.07) is 3.78. The zero-order valence-corrected chi connectivity index (χ0v) is 8.38. The van der Waals surface area contributed by atoms with E-state index in [0.717, 1.165) is 22.2 Å². The monoisotopic (exact) mass is 211 g/mol. The van der Waals surface area contributed by atoms with Gasteiger partial charge in [-0.1, -0.05) is 0 Å². The zero-order chi connectivity index (χ0) is 11.0. The fourth-order valence-corrected chi connectivity index (χ4v) is 1.71. The minimum atomic E-state index is 0.279. The van der Waals surface area contributed by atoms with Gasteiger partial charge in [-0.3, -0.25) is 4.98 Å². The van der Waals surface area contributed by atoms with Crippen LogP contribution in [0.2, 0.25) is 0 Å². The third-order valence-electron chi connectivity index (χ3n) is 2.43. The van der Waals surface area contributed by atoms with E-state index in [-0.39, 0.29) is 5.95 Å². The van der Waals surface area contributed by atoms with Crippen molar-refractivity contribution >= 4 is 16.9 Å². The highest BCUT2D eigenvalue weighted by Crippen LogP contribution is 2.26. The summed E-state index contributed by atoms with van der Waals surface area (Å²) in [7, 11) is 0. The van der Waals surface area contributed by atoms with Crippen molar-refractivity contribution < 1.29 is 0 Å². The Morgan fingerprint density at radius 1 is 1.19 bits per heavy atom. The molecular formula is C11H9N5. The van der Waals surface area contributed by atoms with Crippen LogP contribution >= 0.6 is 0 Å². The summed E-state index contributed by atoms with van der Waals surface area (Å²) in [5.74, 6) is 0.279. The number of aromatic nitrogens is 4. The van der Waals surface area contributed by atoms with Crippen molar-refractivity contribution in [2.75, 3.05) is 5.73 Å². The topological polar surface area (TPSA) is 80.5 Å². The van der Waals surface area contributed by atoms with Crippen molar-refractivity contribution in [2.24, 2.45) is 0 Å². The molecule has 0 spiro atoms. The molecule has 5 nitrogen and oxygen atoms in total. The number of hydrogen-bond donors (Lipinski definition) is 2. The first-order chi connectivity index (χ1) is 7.84. The van der Waals surface area contributed by atoms with Gasteiger partial charge in [0.25, 0.3) is 0 Å². The standard InChI is InChI=1S/C11H9N5/c12-11-14-4-2-9(16-11)8-5-15-10-6-13-3-1-7(8)10/h1-6,15H,(H2,12,14,16). The van der Waals surface area contributed by atoms with E-state index in [0.29, 0.717) is 0 Å². The molecule has 0 aliphatic heterocycles. The summed E-state index contributed by atoms with van der Waals surface area (Å²) < 4.78 is 0. The van der Waals surface area contributed by atoms with Crippen LogP contribution in [0.25, 0.3) is 22.2 Å². The summed E-state index contributed by atoms with van der Waals surface area (Å²) in [6.07, 6.45) is 7.08. The van der Waals surface area contributed by atoms with E-state index in [1.165, 1.54) is 0 Å². The third-order valence-corrected chi connectivity index (χ3v) is 2.43. The number of nitrogens with zero attached hydrogens (tertiary/aromatic N) is 3. The number of aromatic amines is 1. The molecule has 3 aromatic rings. The first-order valence-electron chi connectivity index (χ1n) is 4.84. The number of fused-ring (bicyclic) bond motifs is 1. The van der Waals surface area contributed by atoms with Crippen LogP contribution in [0.4, 0.5) is 5.95 Å². The number of nitrogen functional groups attached to an aromatic ring is 1. The van der Waals surface area contributed by atoms with E-state index >= 15 is 0 Å². The molecule has 3 rings (SSSR count). The average Bonchev–Trinajstić information content (AvgIpc) is 2.72. The molecule has 0 amide bonds. The predicted molar refractivity (Wildman–Crippen MR) is 61.5 cm³/mol. The molecular weight excluding hydrogens is 202 g/mol. The lowest BCUT2D eigenvalue weighted by molar-refractivity contribution is 1.19. The fourth-order valence-electron chi connectivity index (χ4n) is 1.71. The maximum absolute atomic E-state index is 5.56. The lowest BCUT2D eigenvalue weighted by atomic mass is 10.1. The Labute approximate surface area is 91.4 Å². The summed E-state index contributed by atoms with van der Waals surface area (Å²) in [5, 5.41) is 1.08. The van der Waals surface area contributed by atoms with Gasteiger partial charge in [0.15, 0.2) is 0 Å². The number of nitrogens with one attached hydrogen (secondary N) is 1. The number of H-pyrrole nitrogens is 1. The van der Waals surface area contributed by atoms with Crippen molar-refractivity contribution in [3.63, 3.8) is 0 Å². The van der Waals surface area contributed by atoms with Gasteiger partial charge in [-0.15, -0.1) is 0 Å². The Kier molecular flexibility index (Phi) is 1.83. The SMILES string of the molecule is Nc1nccc(-c2c[nH]c3cnccc23)n1. The molecule has 0 radical (unpaired) electrons. The first-order valence-corrected chi connectivity index (χ1v) is 4.84. The van der Waals surface area contributed by atoms with Gasteiger partial charge in [0, 0.05) is 29.5 Å². The summed E-state index contributed by atoms with van der Waals surface area (Å²) in [6.45, 7) is 0. The second-order valence-electron chi connectivity index (χ2n) is 3.42. The van der Waals surface area contributed by atoms with Crippen molar-refractivity contribution in [1.82, 2.24) is 19.9 Å². The zero-order valence-electron chi connectivity index (χ0n) is 8.38. The van der Waals surface area contributed by atoms with E-state index in [1.807, 2.05) is 18.3 Å².